The van der Waals surface area contributed by atoms with Crippen molar-refractivity contribution < 1.29 is 23.8 Å². The number of methoxy groups -OCH3 is 1. The number of carbonyl (C=O) groups is 2. The maximum Gasteiger partial charge on any atom is 0.325 e. The fourth-order valence-electron chi connectivity index (χ4n) is 3.84. The summed E-state index contributed by atoms with van der Waals surface area (Å²) in [5.74, 6) is 1.40. The summed E-state index contributed by atoms with van der Waals surface area (Å²) in [5.41, 5.74) is 0.288. The first-order valence-electron chi connectivity index (χ1n) is 9.85. The van der Waals surface area contributed by atoms with Gasteiger partial charge in [0.25, 0.3) is 5.91 Å². The Balaban J connectivity index is 1.62. The second-order valence-electron chi connectivity index (χ2n) is 7.26. The topological polar surface area (TPSA) is 77.1 Å². The molecule has 2 aromatic rings. The van der Waals surface area contributed by atoms with Gasteiger partial charge in [-0.1, -0.05) is 30.7 Å². The van der Waals surface area contributed by atoms with E-state index >= 15 is 0 Å². The first kappa shape index (κ1) is 20.3. The number of fused-ring (bicyclic) bond motifs is 1. The summed E-state index contributed by atoms with van der Waals surface area (Å²) in [6, 6.07) is 10.2. The molecule has 158 valence electrons. The molecule has 1 N–H and O–H groups in total. The van der Waals surface area contributed by atoms with E-state index in [2.05, 4.69) is 5.32 Å². The molecular formula is C22H23ClN2O5. The van der Waals surface area contributed by atoms with Gasteiger partial charge in [0.05, 0.1) is 31.9 Å². The number of nitrogens with zero attached hydrogens (tertiary/aromatic N) is 1. The van der Waals surface area contributed by atoms with Gasteiger partial charge >= 0.3 is 6.03 Å². The summed E-state index contributed by atoms with van der Waals surface area (Å²) >= 11 is 6.37. The van der Waals surface area contributed by atoms with Gasteiger partial charge in [0.15, 0.2) is 11.5 Å². The van der Waals surface area contributed by atoms with Crippen LogP contribution in [0.2, 0.25) is 5.02 Å². The zero-order valence-corrected chi connectivity index (χ0v) is 17.6. The first-order chi connectivity index (χ1) is 14.5. The third-order valence-electron chi connectivity index (χ3n) is 5.49. The zero-order valence-electron chi connectivity index (χ0n) is 16.9. The molecule has 8 heteroatoms. The molecule has 0 aliphatic carbocycles. The summed E-state index contributed by atoms with van der Waals surface area (Å²) < 4.78 is 16.6. The lowest BCUT2D eigenvalue weighted by Gasteiger charge is -2.26. The molecule has 7 nitrogen and oxygen atoms in total. The molecule has 0 saturated carbocycles. The number of rotatable bonds is 5. The summed E-state index contributed by atoms with van der Waals surface area (Å²) in [6.45, 7) is 3.00. The highest BCUT2D eigenvalue weighted by Crippen LogP contribution is 2.39. The lowest BCUT2D eigenvalue weighted by molar-refractivity contribution is -0.132. The number of ether oxygens (including phenoxy) is 3. The SMILES string of the molecule is CC[C@@]1(c2ccc(OC)cc2)NC(=O)N(Cc2cc(Cl)c3c(c2)OCCCO3)C1=O. The maximum absolute atomic E-state index is 13.4. The van der Waals surface area contributed by atoms with Gasteiger partial charge in [0.1, 0.15) is 11.3 Å². The fourth-order valence-corrected chi connectivity index (χ4v) is 4.13. The van der Waals surface area contributed by atoms with Crippen molar-refractivity contribution in [3.05, 3.63) is 52.5 Å². The number of hydrogen-bond donors (Lipinski definition) is 1. The van der Waals surface area contributed by atoms with Crippen molar-refractivity contribution in [2.75, 3.05) is 20.3 Å². The van der Waals surface area contributed by atoms with Crippen LogP contribution < -0.4 is 19.5 Å². The highest BCUT2D eigenvalue weighted by molar-refractivity contribution is 6.32. The van der Waals surface area contributed by atoms with Crippen LogP contribution in [0.1, 0.15) is 30.9 Å². The van der Waals surface area contributed by atoms with Gasteiger partial charge in [-0.15, -0.1) is 0 Å². The summed E-state index contributed by atoms with van der Waals surface area (Å²) in [5, 5.41) is 3.28. The zero-order chi connectivity index (χ0) is 21.3. The van der Waals surface area contributed by atoms with Crippen LogP contribution in [0.5, 0.6) is 17.2 Å². The number of nitrogens with one attached hydrogen (secondary N) is 1. The van der Waals surface area contributed by atoms with E-state index in [0.29, 0.717) is 53.0 Å². The van der Waals surface area contributed by atoms with Crippen molar-refractivity contribution in [2.45, 2.75) is 31.8 Å². The Morgan fingerprint density at radius 2 is 1.90 bits per heavy atom. The predicted molar refractivity (Wildman–Crippen MR) is 111 cm³/mol. The average Bonchev–Trinajstić information content (AvgIpc) is 2.91. The number of imide groups is 1. The van der Waals surface area contributed by atoms with Crippen LogP contribution in [0, 0.1) is 0 Å². The minimum Gasteiger partial charge on any atom is -0.497 e. The Morgan fingerprint density at radius 3 is 2.60 bits per heavy atom. The Hall–Kier alpha value is -2.93. The van der Waals surface area contributed by atoms with Crippen LogP contribution in [0.4, 0.5) is 4.79 Å². The molecule has 30 heavy (non-hydrogen) atoms. The van der Waals surface area contributed by atoms with E-state index in [1.54, 1.807) is 43.5 Å². The lowest BCUT2D eigenvalue weighted by atomic mass is 9.87. The van der Waals surface area contributed by atoms with Gasteiger partial charge in [-0.2, -0.15) is 0 Å². The molecular weight excluding hydrogens is 408 g/mol. The van der Waals surface area contributed by atoms with Gasteiger partial charge < -0.3 is 19.5 Å². The third-order valence-corrected chi connectivity index (χ3v) is 5.77. The molecule has 2 aromatic carbocycles. The van der Waals surface area contributed by atoms with E-state index < -0.39 is 11.6 Å². The Kier molecular flexibility index (Phi) is 5.47. The molecule has 1 fully saturated rings. The number of amides is 3. The smallest absolute Gasteiger partial charge is 0.325 e. The van der Waals surface area contributed by atoms with Crippen LogP contribution >= 0.6 is 11.6 Å². The van der Waals surface area contributed by atoms with Gasteiger partial charge in [0, 0.05) is 6.42 Å². The number of carbonyl (C=O) groups excluding carboxylic acids is 2. The average molecular weight is 431 g/mol. The molecule has 1 atom stereocenters. The fraction of sp³-hybridized carbons (Fsp3) is 0.364. The van der Waals surface area contributed by atoms with Gasteiger partial charge in [-0.25, -0.2) is 4.79 Å². The van der Waals surface area contributed by atoms with Crippen LogP contribution in [0.25, 0.3) is 0 Å². The lowest BCUT2D eigenvalue weighted by Crippen LogP contribution is -2.43. The first-order valence-corrected chi connectivity index (χ1v) is 10.2. The largest absolute Gasteiger partial charge is 0.497 e. The van der Waals surface area contributed by atoms with Gasteiger partial charge in [-0.05, 0) is 41.8 Å². The van der Waals surface area contributed by atoms with E-state index in [1.807, 2.05) is 6.92 Å². The third kappa shape index (κ3) is 3.43. The van der Waals surface area contributed by atoms with Crippen LogP contribution in [-0.2, 0) is 16.9 Å². The molecule has 0 aromatic heterocycles. The minimum absolute atomic E-state index is 0.0823. The van der Waals surface area contributed by atoms with E-state index in [9.17, 15) is 9.59 Å². The number of halogens is 1. The second-order valence-corrected chi connectivity index (χ2v) is 7.67. The highest BCUT2D eigenvalue weighted by Gasteiger charge is 2.51. The monoisotopic (exact) mass is 430 g/mol. The number of benzene rings is 2. The van der Waals surface area contributed by atoms with Crippen LogP contribution in [0.3, 0.4) is 0 Å². The second kappa shape index (κ2) is 8.07. The van der Waals surface area contributed by atoms with E-state index in [0.717, 1.165) is 6.42 Å². The van der Waals surface area contributed by atoms with Crippen molar-refractivity contribution in [1.82, 2.24) is 10.2 Å². The number of urea groups is 1. The molecule has 3 amide bonds. The molecule has 0 radical (unpaired) electrons. The molecule has 1 saturated heterocycles. The summed E-state index contributed by atoms with van der Waals surface area (Å²) in [6.07, 6.45) is 1.18. The molecule has 2 aliphatic rings. The van der Waals surface area contributed by atoms with E-state index in [4.69, 9.17) is 25.8 Å². The van der Waals surface area contributed by atoms with Crippen molar-refractivity contribution in [3.63, 3.8) is 0 Å². The highest BCUT2D eigenvalue weighted by atomic mass is 35.5. The molecule has 0 unspecified atom stereocenters. The van der Waals surface area contributed by atoms with Crippen molar-refractivity contribution >= 4 is 23.5 Å². The van der Waals surface area contributed by atoms with Gasteiger partial charge in [-0.3, -0.25) is 9.69 Å². The standard InChI is InChI=1S/C22H23ClN2O5/c1-3-22(15-5-7-16(28-2)8-6-15)20(26)25(21(27)24-22)13-14-11-17(23)19-18(12-14)29-9-4-10-30-19/h5-8,11-12H,3-4,9-10,13H2,1-2H3,(H,24,27)/t22-/m0/s1. The molecule has 0 bridgehead atoms. The van der Waals surface area contributed by atoms with Crippen molar-refractivity contribution in [2.24, 2.45) is 0 Å². The van der Waals surface area contributed by atoms with Crippen molar-refractivity contribution in [3.8, 4) is 17.2 Å². The van der Waals surface area contributed by atoms with E-state index in [1.165, 1.54) is 4.90 Å². The quantitative estimate of drug-likeness (QED) is 0.729. The molecule has 0 spiro atoms. The summed E-state index contributed by atoms with van der Waals surface area (Å²) in [4.78, 5) is 27.4. The van der Waals surface area contributed by atoms with Crippen LogP contribution in [-0.4, -0.2) is 37.2 Å². The maximum atomic E-state index is 13.4. The molecule has 2 aliphatic heterocycles. The number of hydrogen-bond acceptors (Lipinski definition) is 5. The van der Waals surface area contributed by atoms with Gasteiger partial charge in [0.2, 0.25) is 0 Å². The Bertz CT molecular complexity index is 978. The molecule has 4 rings (SSSR count). The normalized spacial score (nSPS) is 20.7. The summed E-state index contributed by atoms with van der Waals surface area (Å²) in [7, 11) is 1.58. The van der Waals surface area contributed by atoms with Crippen molar-refractivity contribution in [1.29, 1.82) is 0 Å². The van der Waals surface area contributed by atoms with Crippen LogP contribution in [0.15, 0.2) is 36.4 Å². The molecule has 2 heterocycles. The van der Waals surface area contributed by atoms with E-state index in [-0.39, 0.29) is 12.5 Å². The Labute approximate surface area is 179 Å². The Morgan fingerprint density at radius 1 is 1.17 bits per heavy atom. The minimum atomic E-state index is -1.11. The predicted octanol–water partition coefficient (Wildman–Crippen LogP) is 3.87.